The van der Waals surface area contributed by atoms with Crippen LogP contribution in [-0.4, -0.2) is 10.5 Å². The number of aromatic carboxylic acids is 1. The summed E-state index contributed by atoms with van der Waals surface area (Å²) in [4.78, 5) is 11.1. The number of carboxylic acids is 1. The van der Waals surface area contributed by atoms with Gasteiger partial charge in [-0.1, -0.05) is 35.9 Å². The quantitative estimate of drug-likeness (QED) is 0.677. The van der Waals surface area contributed by atoms with E-state index in [1.165, 1.54) is 12.1 Å². The minimum Gasteiger partial charge on any atom is -0.545 e. The Balaban J connectivity index is 2.04. The lowest BCUT2D eigenvalue weighted by Gasteiger charge is -2.10. The molecule has 122 valence electrons. The number of carbonyl (C=O) groups excluding carboxylic acids is 1. The second-order valence-corrected chi connectivity index (χ2v) is 5.75. The van der Waals surface area contributed by atoms with E-state index < -0.39 is 5.97 Å². The molecule has 3 aromatic rings. The SMILES string of the molecule is N#C/C(=C\c1cccn1-c1cccc(C(=O)[O-])c1)c1ccc(Cl)cc1. The highest BCUT2D eigenvalue weighted by atomic mass is 35.5. The Kier molecular flexibility index (Phi) is 4.69. The number of nitriles is 1. The van der Waals surface area contributed by atoms with Crippen molar-refractivity contribution in [1.82, 2.24) is 4.57 Å². The third-order valence-electron chi connectivity index (χ3n) is 3.71. The first-order chi connectivity index (χ1) is 12.1. The van der Waals surface area contributed by atoms with Crippen molar-refractivity contribution in [2.75, 3.05) is 0 Å². The fourth-order valence-corrected chi connectivity index (χ4v) is 2.61. The highest BCUT2D eigenvalue weighted by Crippen LogP contribution is 2.22. The number of benzene rings is 2. The Morgan fingerprint density at radius 2 is 1.84 bits per heavy atom. The van der Waals surface area contributed by atoms with E-state index >= 15 is 0 Å². The van der Waals surface area contributed by atoms with E-state index in [0.29, 0.717) is 16.3 Å². The largest absolute Gasteiger partial charge is 0.545 e. The number of rotatable bonds is 4. The average molecular weight is 348 g/mol. The number of hydrogen-bond acceptors (Lipinski definition) is 3. The first kappa shape index (κ1) is 16.6. The van der Waals surface area contributed by atoms with E-state index in [2.05, 4.69) is 6.07 Å². The van der Waals surface area contributed by atoms with Crippen LogP contribution in [0.3, 0.4) is 0 Å². The maximum Gasteiger partial charge on any atom is 0.0998 e. The molecule has 1 aromatic heterocycles. The minimum atomic E-state index is -1.23. The van der Waals surface area contributed by atoms with Crippen LogP contribution in [0.1, 0.15) is 21.6 Å². The number of allylic oxidation sites excluding steroid dienone is 1. The molecule has 0 radical (unpaired) electrons. The molecule has 0 atom stereocenters. The molecule has 0 aliphatic heterocycles. The first-order valence-electron chi connectivity index (χ1n) is 7.45. The molecule has 0 saturated heterocycles. The molecule has 25 heavy (non-hydrogen) atoms. The van der Waals surface area contributed by atoms with Crippen molar-refractivity contribution >= 4 is 29.2 Å². The molecule has 0 N–H and O–H groups in total. The summed E-state index contributed by atoms with van der Waals surface area (Å²) >= 11 is 5.89. The van der Waals surface area contributed by atoms with Gasteiger partial charge in [0.25, 0.3) is 0 Å². The van der Waals surface area contributed by atoms with E-state index in [0.717, 1.165) is 11.3 Å². The van der Waals surface area contributed by atoms with Gasteiger partial charge in [-0.3, -0.25) is 0 Å². The Morgan fingerprint density at radius 1 is 1.08 bits per heavy atom. The lowest BCUT2D eigenvalue weighted by molar-refractivity contribution is -0.255. The number of aromatic nitrogens is 1. The van der Waals surface area contributed by atoms with E-state index in [9.17, 15) is 15.2 Å². The van der Waals surface area contributed by atoms with Crippen molar-refractivity contribution in [3.8, 4) is 11.8 Å². The van der Waals surface area contributed by atoms with Gasteiger partial charge in [0.15, 0.2) is 0 Å². The topological polar surface area (TPSA) is 68.8 Å². The number of halogens is 1. The maximum absolute atomic E-state index is 11.1. The fraction of sp³-hybridized carbons (Fsp3) is 0. The summed E-state index contributed by atoms with van der Waals surface area (Å²) in [6, 6.07) is 19.3. The molecular formula is C20H12ClN2O2-. The van der Waals surface area contributed by atoms with Gasteiger partial charge in [0, 0.05) is 22.6 Å². The van der Waals surface area contributed by atoms with Gasteiger partial charge in [0.1, 0.15) is 0 Å². The molecule has 0 fully saturated rings. The monoisotopic (exact) mass is 347 g/mol. The zero-order valence-electron chi connectivity index (χ0n) is 13.0. The van der Waals surface area contributed by atoms with Crippen LogP contribution in [-0.2, 0) is 0 Å². The Hall–Kier alpha value is -3.29. The van der Waals surface area contributed by atoms with Crippen LogP contribution in [0.2, 0.25) is 5.02 Å². The zero-order chi connectivity index (χ0) is 17.8. The van der Waals surface area contributed by atoms with Gasteiger partial charge < -0.3 is 14.5 Å². The zero-order valence-corrected chi connectivity index (χ0v) is 13.8. The van der Waals surface area contributed by atoms with Crippen LogP contribution in [0, 0.1) is 11.3 Å². The third-order valence-corrected chi connectivity index (χ3v) is 3.96. The minimum absolute atomic E-state index is 0.0966. The van der Waals surface area contributed by atoms with Gasteiger partial charge in [0.05, 0.1) is 17.6 Å². The number of carboxylic acid groups (broad SMARTS) is 1. The van der Waals surface area contributed by atoms with Gasteiger partial charge in [-0.05, 0) is 53.6 Å². The van der Waals surface area contributed by atoms with Crippen molar-refractivity contribution in [3.63, 3.8) is 0 Å². The van der Waals surface area contributed by atoms with Crippen LogP contribution in [0.5, 0.6) is 0 Å². The summed E-state index contributed by atoms with van der Waals surface area (Å²) in [5.74, 6) is -1.23. The molecule has 0 unspecified atom stereocenters. The molecule has 0 aliphatic rings. The summed E-state index contributed by atoms with van der Waals surface area (Å²) in [6.07, 6.45) is 3.55. The number of carbonyl (C=O) groups is 1. The number of nitrogens with zero attached hydrogens (tertiary/aromatic N) is 2. The summed E-state index contributed by atoms with van der Waals surface area (Å²) in [5.41, 5.74) is 2.75. The van der Waals surface area contributed by atoms with Crippen LogP contribution in [0.15, 0.2) is 66.9 Å². The van der Waals surface area contributed by atoms with Gasteiger partial charge in [0.2, 0.25) is 0 Å². The fourth-order valence-electron chi connectivity index (χ4n) is 2.49. The van der Waals surface area contributed by atoms with E-state index in [-0.39, 0.29) is 5.56 Å². The summed E-state index contributed by atoms with van der Waals surface area (Å²) < 4.78 is 1.81. The maximum atomic E-state index is 11.1. The average Bonchev–Trinajstić information content (AvgIpc) is 3.09. The molecule has 3 rings (SSSR count). The Morgan fingerprint density at radius 3 is 2.52 bits per heavy atom. The van der Waals surface area contributed by atoms with E-state index in [1.807, 2.05) is 12.1 Å². The van der Waals surface area contributed by atoms with Crippen molar-refractivity contribution in [2.24, 2.45) is 0 Å². The van der Waals surface area contributed by atoms with Gasteiger partial charge in [-0.25, -0.2) is 0 Å². The van der Waals surface area contributed by atoms with Crippen molar-refractivity contribution in [2.45, 2.75) is 0 Å². The summed E-state index contributed by atoms with van der Waals surface area (Å²) in [6.45, 7) is 0. The normalized spacial score (nSPS) is 11.1. The smallest absolute Gasteiger partial charge is 0.0998 e. The third kappa shape index (κ3) is 3.63. The molecule has 0 aliphatic carbocycles. The molecule has 4 nitrogen and oxygen atoms in total. The number of hydrogen-bond donors (Lipinski definition) is 0. The standard InChI is InChI=1S/C20H13ClN2O2/c21-17-8-6-14(7-9-17)16(13-22)12-19-5-2-10-23(19)18-4-1-3-15(11-18)20(24)25/h1-12H,(H,24,25)/p-1/b16-12+. The summed E-state index contributed by atoms with van der Waals surface area (Å²) in [5, 5.41) is 21.1. The van der Waals surface area contributed by atoms with Crippen LogP contribution in [0.25, 0.3) is 17.3 Å². The summed E-state index contributed by atoms with van der Waals surface area (Å²) in [7, 11) is 0. The lowest BCUT2D eigenvalue weighted by atomic mass is 10.1. The van der Waals surface area contributed by atoms with Gasteiger partial charge in [-0.15, -0.1) is 0 Å². The van der Waals surface area contributed by atoms with Crippen LogP contribution < -0.4 is 5.11 Å². The molecule has 2 aromatic carbocycles. The Labute approximate surface area is 149 Å². The van der Waals surface area contributed by atoms with E-state index in [4.69, 9.17) is 11.6 Å². The molecule has 0 saturated carbocycles. The van der Waals surface area contributed by atoms with Gasteiger partial charge in [-0.2, -0.15) is 5.26 Å². The molecule has 5 heteroatoms. The van der Waals surface area contributed by atoms with Crippen molar-refractivity contribution in [1.29, 1.82) is 5.26 Å². The van der Waals surface area contributed by atoms with Crippen LogP contribution >= 0.6 is 11.6 Å². The van der Waals surface area contributed by atoms with Crippen molar-refractivity contribution in [3.05, 3.63) is 88.7 Å². The second-order valence-electron chi connectivity index (χ2n) is 5.32. The predicted molar refractivity (Wildman–Crippen MR) is 95.0 cm³/mol. The first-order valence-corrected chi connectivity index (χ1v) is 7.83. The molecule has 1 heterocycles. The highest BCUT2D eigenvalue weighted by Gasteiger charge is 2.06. The van der Waals surface area contributed by atoms with E-state index in [1.54, 1.807) is 53.2 Å². The van der Waals surface area contributed by atoms with Crippen molar-refractivity contribution < 1.29 is 9.90 Å². The van der Waals surface area contributed by atoms with Gasteiger partial charge >= 0.3 is 0 Å². The van der Waals surface area contributed by atoms with Crippen LogP contribution in [0.4, 0.5) is 0 Å². The Bertz CT molecular complexity index is 995. The molecule has 0 spiro atoms. The lowest BCUT2D eigenvalue weighted by Crippen LogP contribution is -2.22. The highest BCUT2D eigenvalue weighted by molar-refractivity contribution is 6.30. The predicted octanol–water partition coefficient (Wildman–Crippen LogP) is 3.56. The molecule has 0 amide bonds. The second kappa shape index (κ2) is 7.08. The molecule has 0 bridgehead atoms. The molecular weight excluding hydrogens is 336 g/mol.